The summed E-state index contributed by atoms with van der Waals surface area (Å²) < 4.78 is 0. The molecule has 0 aliphatic carbocycles. The number of benzene rings is 4. The fourth-order valence-corrected chi connectivity index (χ4v) is 4.79. The van der Waals surface area contributed by atoms with E-state index in [-0.39, 0.29) is 20.1 Å². The van der Waals surface area contributed by atoms with Gasteiger partial charge in [0.25, 0.3) is 0 Å². The van der Waals surface area contributed by atoms with E-state index in [2.05, 4.69) is 86.2 Å². The van der Waals surface area contributed by atoms with Gasteiger partial charge in [0.05, 0.1) is 0 Å². The molecule has 2 heterocycles. The van der Waals surface area contributed by atoms with Crippen LogP contribution in [0.25, 0.3) is 44.8 Å². The molecule has 41 heavy (non-hydrogen) atoms. The molecule has 0 fully saturated rings. The van der Waals surface area contributed by atoms with Crippen molar-refractivity contribution >= 4 is 0 Å². The molecule has 0 bridgehead atoms. The van der Waals surface area contributed by atoms with Crippen molar-refractivity contribution in [1.82, 2.24) is 9.97 Å². The Morgan fingerprint density at radius 3 is 1.20 bits per heavy atom. The second kappa shape index (κ2) is 13.9. The molecule has 0 spiro atoms. The summed E-state index contributed by atoms with van der Waals surface area (Å²) in [6.45, 7) is 8.43. The number of aryl methyl sites for hydroxylation is 4. The molecular weight excluding hydrogens is 677 g/mol. The summed E-state index contributed by atoms with van der Waals surface area (Å²) in [6, 6.07) is 45.9. The van der Waals surface area contributed by atoms with Gasteiger partial charge in [-0.2, -0.15) is 82.9 Å². The minimum atomic E-state index is 0. The fourth-order valence-electron chi connectivity index (χ4n) is 4.79. The quantitative estimate of drug-likeness (QED) is 0.171. The third kappa shape index (κ3) is 7.13. The molecule has 2 nitrogen and oxygen atoms in total. The summed E-state index contributed by atoms with van der Waals surface area (Å²) in [6.07, 6.45) is 3.63. The minimum Gasteiger partial charge on any atom is -0.295 e. The Morgan fingerprint density at radius 2 is 0.854 bits per heavy atom. The van der Waals surface area contributed by atoms with E-state index in [1.54, 1.807) is 0 Å². The summed E-state index contributed by atoms with van der Waals surface area (Å²) in [5, 5.41) is 0. The molecular formula is C38H30IrN2-4. The smallest absolute Gasteiger partial charge is 0.0183 e. The zero-order valence-electron chi connectivity index (χ0n) is 23.6. The van der Waals surface area contributed by atoms with Crippen molar-refractivity contribution in [1.29, 1.82) is 0 Å². The van der Waals surface area contributed by atoms with Gasteiger partial charge in [0.15, 0.2) is 0 Å². The molecule has 0 saturated heterocycles. The van der Waals surface area contributed by atoms with Crippen molar-refractivity contribution in [2.75, 3.05) is 0 Å². The molecule has 0 aliphatic rings. The van der Waals surface area contributed by atoms with E-state index in [1.807, 2.05) is 85.2 Å². The Morgan fingerprint density at radius 1 is 0.463 bits per heavy atom. The average Bonchev–Trinajstić information content (AvgIpc) is 2.99. The third-order valence-corrected chi connectivity index (χ3v) is 6.74. The molecule has 6 aromatic rings. The topological polar surface area (TPSA) is 25.8 Å². The van der Waals surface area contributed by atoms with Crippen molar-refractivity contribution in [2.24, 2.45) is 0 Å². The second-order valence-electron chi connectivity index (χ2n) is 9.75. The van der Waals surface area contributed by atoms with Crippen LogP contribution in [0.15, 0.2) is 109 Å². The number of hydrogen-bond acceptors (Lipinski definition) is 2. The average molecular weight is 707 g/mol. The van der Waals surface area contributed by atoms with E-state index in [0.29, 0.717) is 0 Å². The number of pyridine rings is 2. The van der Waals surface area contributed by atoms with Crippen molar-refractivity contribution in [2.45, 2.75) is 27.7 Å². The maximum atomic E-state index is 4.43. The molecule has 0 N–H and O–H groups in total. The predicted molar refractivity (Wildman–Crippen MR) is 165 cm³/mol. The summed E-state index contributed by atoms with van der Waals surface area (Å²) in [5.41, 5.74) is 13.2. The maximum absolute atomic E-state index is 4.43. The van der Waals surface area contributed by atoms with Gasteiger partial charge < -0.3 is 0 Å². The van der Waals surface area contributed by atoms with Crippen molar-refractivity contribution in [3.8, 4) is 44.8 Å². The van der Waals surface area contributed by atoms with E-state index in [0.717, 1.165) is 44.8 Å². The molecule has 3 heteroatoms. The van der Waals surface area contributed by atoms with Crippen LogP contribution in [-0.4, -0.2) is 9.97 Å². The summed E-state index contributed by atoms with van der Waals surface area (Å²) in [5.74, 6) is 0. The van der Waals surface area contributed by atoms with Crippen molar-refractivity contribution in [3.63, 3.8) is 0 Å². The van der Waals surface area contributed by atoms with Crippen LogP contribution in [0, 0.1) is 52.0 Å². The number of hydrogen-bond donors (Lipinski definition) is 0. The molecule has 1 radical (unpaired) electrons. The van der Waals surface area contributed by atoms with Gasteiger partial charge in [-0.1, -0.05) is 52.0 Å². The SMILES string of the molecule is Cc1cc(C)c(-c2ccccn2)[c-]c1-c1[c-]cccc1.Cc1cc(C)c(-c2ccccn2)[c-]c1-c1[c-]cccc1.[Ir]. The summed E-state index contributed by atoms with van der Waals surface area (Å²) in [7, 11) is 0. The van der Waals surface area contributed by atoms with Crippen molar-refractivity contribution < 1.29 is 20.1 Å². The van der Waals surface area contributed by atoms with Crippen molar-refractivity contribution in [3.05, 3.63) is 156 Å². The van der Waals surface area contributed by atoms with Crippen LogP contribution in [-0.2, 0) is 20.1 Å². The molecule has 205 valence electrons. The standard InChI is InChI=1S/2C19H15N.Ir/c2*1-14-12-15(2)18(19-10-6-7-11-20-19)13-17(14)16-8-4-3-5-9-16;/h2*3-8,10-12H,1-2H3;/q2*-2;. The molecule has 0 unspecified atom stereocenters. The van der Waals surface area contributed by atoms with E-state index >= 15 is 0 Å². The zero-order valence-corrected chi connectivity index (χ0v) is 26.0. The van der Waals surface area contributed by atoms with Gasteiger partial charge in [0.1, 0.15) is 0 Å². The van der Waals surface area contributed by atoms with Gasteiger partial charge in [-0.3, -0.25) is 9.97 Å². The summed E-state index contributed by atoms with van der Waals surface area (Å²) in [4.78, 5) is 8.87. The molecule has 0 amide bonds. The Bertz CT molecular complexity index is 1450. The fraction of sp³-hybridized carbons (Fsp3) is 0.105. The third-order valence-electron chi connectivity index (χ3n) is 6.74. The molecule has 2 aromatic heterocycles. The Balaban J connectivity index is 0.000000184. The van der Waals surface area contributed by atoms with Crippen LogP contribution in [0.2, 0.25) is 0 Å². The van der Waals surface area contributed by atoms with E-state index in [1.165, 1.54) is 22.3 Å². The summed E-state index contributed by atoms with van der Waals surface area (Å²) >= 11 is 0. The Labute approximate surface area is 257 Å². The molecule has 0 saturated carbocycles. The normalized spacial score (nSPS) is 10.2. The van der Waals surface area contributed by atoms with Crippen LogP contribution < -0.4 is 0 Å². The maximum Gasteiger partial charge on any atom is 0.0183 e. The first kappa shape index (κ1) is 29.8. The minimum absolute atomic E-state index is 0. The van der Waals surface area contributed by atoms with E-state index in [9.17, 15) is 0 Å². The van der Waals surface area contributed by atoms with Gasteiger partial charge in [-0.25, -0.2) is 11.1 Å². The number of aromatic nitrogens is 2. The van der Waals surface area contributed by atoms with Gasteiger partial charge in [0, 0.05) is 43.9 Å². The first-order valence-corrected chi connectivity index (χ1v) is 13.4. The van der Waals surface area contributed by atoms with Gasteiger partial charge in [0.2, 0.25) is 0 Å². The van der Waals surface area contributed by atoms with E-state index < -0.39 is 0 Å². The zero-order chi connectivity index (χ0) is 27.9. The molecule has 6 rings (SSSR count). The van der Waals surface area contributed by atoms with Crippen LogP contribution in [0.1, 0.15) is 22.3 Å². The number of rotatable bonds is 4. The van der Waals surface area contributed by atoms with Crippen LogP contribution in [0.3, 0.4) is 0 Å². The molecule has 0 aliphatic heterocycles. The largest absolute Gasteiger partial charge is 0.295 e. The van der Waals surface area contributed by atoms with E-state index in [4.69, 9.17) is 0 Å². The first-order valence-electron chi connectivity index (χ1n) is 13.4. The van der Waals surface area contributed by atoms with Crippen LogP contribution in [0.4, 0.5) is 0 Å². The number of nitrogens with zero attached hydrogens (tertiary/aromatic N) is 2. The molecule has 0 atom stereocenters. The predicted octanol–water partition coefficient (Wildman–Crippen LogP) is 9.26. The molecule has 4 aromatic carbocycles. The van der Waals surface area contributed by atoms with Crippen LogP contribution >= 0.6 is 0 Å². The van der Waals surface area contributed by atoms with Gasteiger partial charge in [-0.15, -0.1) is 46.5 Å². The second-order valence-corrected chi connectivity index (χ2v) is 9.75. The van der Waals surface area contributed by atoms with Gasteiger partial charge >= 0.3 is 0 Å². The first-order chi connectivity index (χ1) is 19.5. The monoisotopic (exact) mass is 707 g/mol. The van der Waals surface area contributed by atoms with Crippen LogP contribution in [0.5, 0.6) is 0 Å². The Kier molecular flexibility index (Phi) is 10.1. The van der Waals surface area contributed by atoms with Gasteiger partial charge in [-0.05, 0) is 12.1 Å². The Hall–Kier alpha value is -4.17.